The van der Waals surface area contributed by atoms with Crippen molar-refractivity contribution in [2.45, 2.75) is 12.9 Å². The molecule has 0 aliphatic carbocycles. The van der Waals surface area contributed by atoms with Gasteiger partial charge in [-0.2, -0.15) is 0 Å². The zero-order valence-corrected chi connectivity index (χ0v) is 13.2. The van der Waals surface area contributed by atoms with Gasteiger partial charge in [0.05, 0.1) is 0 Å². The van der Waals surface area contributed by atoms with Gasteiger partial charge in [-0.25, -0.2) is 0 Å². The summed E-state index contributed by atoms with van der Waals surface area (Å²) >= 11 is 0. The quantitative estimate of drug-likeness (QED) is 0.899. The summed E-state index contributed by atoms with van der Waals surface area (Å²) in [5, 5.41) is 0. The van der Waals surface area contributed by atoms with E-state index >= 15 is 0 Å². The van der Waals surface area contributed by atoms with Gasteiger partial charge >= 0.3 is 6.36 Å². The van der Waals surface area contributed by atoms with Gasteiger partial charge in [-0.1, -0.05) is 12.1 Å². The first-order chi connectivity index (χ1) is 11.7. The molecule has 132 valence electrons. The first kappa shape index (κ1) is 18.3. The highest BCUT2D eigenvalue weighted by atomic mass is 19.4. The van der Waals surface area contributed by atoms with Crippen LogP contribution in [0.1, 0.15) is 26.3 Å². The number of ether oxygens (including phenoxy) is 1. The molecule has 0 saturated heterocycles. The van der Waals surface area contributed by atoms with Crippen LogP contribution < -0.4 is 10.5 Å². The van der Waals surface area contributed by atoms with Crippen LogP contribution in [-0.2, 0) is 6.54 Å². The zero-order valence-electron chi connectivity index (χ0n) is 13.2. The highest BCUT2D eigenvalue weighted by Crippen LogP contribution is 2.23. The predicted molar refractivity (Wildman–Crippen MR) is 83.9 cm³/mol. The molecule has 2 aromatic carbocycles. The standard InChI is InChI=1S/C17H15F3N2O3/c1-22(16(24)13-6-4-12(5-7-13)15(21)23)10-11-2-8-14(9-3-11)25-17(18,19)20/h2-9H,10H2,1H3,(H2,21,23). The Bertz CT molecular complexity index is 756. The molecule has 0 atom stereocenters. The SMILES string of the molecule is CN(Cc1ccc(OC(F)(F)F)cc1)C(=O)c1ccc(C(N)=O)cc1. The van der Waals surface area contributed by atoms with Gasteiger partial charge < -0.3 is 15.4 Å². The number of primary amides is 1. The van der Waals surface area contributed by atoms with Gasteiger partial charge in [0.1, 0.15) is 5.75 Å². The molecule has 0 aliphatic rings. The van der Waals surface area contributed by atoms with Crippen molar-refractivity contribution in [1.82, 2.24) is 4.90 Å². The van der Waals surface area contributed by atoms with Gasteiger partial charge in [-0.3, -0.25) is 9.59 Å². The fourth-order valence-corrected chi connectivity index (χ4v) is 2.14. The number of hydrogen-bond acceptors (Lipinski definition) is 3. The van der Waals surface area contributed by atoms with Gasteiger partial charge in [0, 0.05) is 24.7 Å². The normalized spacial score (nSPS) is 11.0. The van der Waals surface area contributed by atoms with E-state index in [0.29, 0.717) is 16.7 Å². The van der Waals surface area contributed by atoms with Gasteiger partial charge in [0.25, 0.3) is 5.91 Å². The fraction of sp³-hybridized carbons (Fsp3) is 0.176. The second-order valence-electron chi connectivity index (χ2n) is 5.29. The van der Waals surface area contributed by atoms with Crippen LogP contribution in [0.5, 0.6) is 5.75 Å². The maximum atomic E-state index is 12.3. The molecule has 0 heterocycles. The molecule has 0 unspecified atom stereocenters. The number of rotatable bonds is 5. The summed E-state index contributed by atoms with van der Waals surface area (Å²) in [5.41, 5.74) is 6.43. The minimum Gasteiger partial charge on any atom is -0.406 e. The number of benzene rings is 2. The summed E-state index contributed by atoms with van der Waals surface area (Å²) in [6.45, 7) is 0.197. The fourth-order valence-electron chi connectivity index (χ4n) is 2.14. The van der Waals surface area contributed by atoms with E-state index in [1.165, 1.54) is 53.4 Å². The maximum absolute atomic E-state index is 12.3. The Morgan fingerprint density at radius 2 is 1.52 bits per heavy atom. The van der Waals surface area contributed by atoms with Crippen LogP contribution in [-0.4, -0.2) is 30.1 Å². The molecule has 8 heteroatoms. The van der Waals surface area contributed by atoms with Crippen molar-refractivity contribution in [3.05, 3.63) is 65.2 Å². The van der Waals surface area contributed by atoms with Crippen molar-refractivity contribution >= 4 is 11.8 Å². The molecule has 0 aliphatic heterocycles. The molecule has 2 aromatic rings. The third-order valence-corrected chi connectivity index (χ3v) is 3.34. The van der Waals surface area contributed by atoms with Crippen LogP contribution in [0.2, 0.25) is 0 Å². The number of carbonyl (C=O) groups excluding carboxylic acids is 2. The summed E-state index contributed by atoms with van der Waals surface area (Å²) in [6.07, 6.45) is -4.74. The smallest absolute Gasteiger partial charge is 0.406 e. The maximum Gasteiger partial charge on any atom is 0.573 e. The van der Waals surface area contributed by atoms with Crippen molar-refractivity contribution in [1.29, 1.82) is 0 Å². The molecule has 5 nitrogen and oxygen atoms in total. The Morgan fingerprint density at radius 1 is 1.00 bits per heavy atom. The van der Waals surface area contributed by atoms with E-state index in [1.54, 1.807) is 7.05 Å². The highest BCUT2D eigenvalue weighted by Gasteiger charge is 2.30. The van der Waals surface area contributed by atoms with Crippen LogP contribution in [0.15, 0.2) is 48.5 Å². The van der Waals surface area contributed by atoms with Gasteiger partial charge in [-0.15, -0.1) is 13.2 Å². The zero-order chi connectivity index (χ0) is 18.6. The van der Waals surface area contributed by atoms with E-state index in [4.69, 9.17) is 5.73 Å². The molecule has 0 fully saturated rings. The molecule has 0 spiro atoms. The molecule has 0 aromatic heterocycles. The predicted octanol–water partition coefficient (Wildman–Crippen LogP) is 2.96. The second kappa shape index (κ2) is 7.25. The molecule has 2 N–H and O–H groups in total. The van der Waals surface area contributed by atoms with E-state index in [1.807, 2.05) is 0 Å². The lowest BCUT2D eigenvalue weighted by molar-refractivity contribution is -0.274. The van der Waals surface area contributed by atoms with Crippen molar-refractivity contribution in [2.75, 3.05) is 7.05 Å². The molecular weight excluding hydrogens is 337 g/mol. The summed E-state index contributed by atoms with van der Waals surface area (Å²) in [6, 6.07) is 11.1. The van der Waals surface area contributed by atoms with Crippen molar-refractivity contribution in [3.8, 4) is 5.75 Å². The monoisotopic (exact) mass is 352 g/mol. The molecule has 25 heavy (non-hydrogen) atoms. The van der Waals surface area contributed by atoms with Crippen LogP contribution in [0.25, 0.3) is 0 Å². The van der Waals surface area contributed by atoms with E-state index in [-0.39, 0.29) is 18.2 Å². The van der Waals surface area contributed by atoms with E-state index in [0.717, 1.165) is 0 Å². The lowest BCUT2D eigenvalue weighted by Crippen LogP contribution is -2.26. The Hall–Kier alpha value is -3.03. The number of alkyl halides is 3. The third-order valence-electron chi connectivity index (χ3n) is 3.34. The number of nitrogens with zero attached hydrogens (tertiary/aromatic N) is 1. The molecule has 0 bridgehead atoms. The van der Waals surface area contributed by atoms with Crippen LogP contribution in [0, 0.1) is 0 Å². The Kier molecular flexibility index (Phi) is 5.31. The van der Waals surface area contributed by atoms with Crippen LogP contribution in [0.4, 0.5) is 13.2 Å². The van der Waals surface area contributed by atoms with Crippen molar-refractivity contribution < 1.29 is 27.5 Å². The minimum absolute atomic E-state index is 0.197. The number of nitrogens with two attached hydrogens (primary N) is 1. The average Bonchev–Trinajstić information content (AvgIpc) is 2.54. The molecule has 2 rings (SSSR count). The van der Waals surface area contributed by atoms with E-state index in [9.17, 15) is 22.8 Å². The Labute approximate surface area is 141 Å². The summed E-state index contributed by atoms with van der Waals surface area (Å²) < 4.78 is 40.2. The summed E-state index contributed by atoms with van der Waals surface area (Å²) in [7, 11) is 1.56. The van der Waals surface area contributed by atoms with E-state index in [2.05, 4.69) is 4.74 Å². The van der Waals surface area contributed by atoms with Crippen molar-refractivity contribution in [2.24, 2.45) is 5.73 Å². The molecule has 2 amide bonds. The van der Waals surface area contributed by atoms with Gasteiger partial charge in [0.2, 0.25) is 5.91 Å². The Morgan fingerprint density at radius 3 is 2.00 bits per heavy atom. The Balaban J connectivity index is 2.02. The van der Waals surface area contributed by atoms with Crippen molar-refractivity contribution in [3.63, 3.8) is 0 Å². The third kappa shape index (κ3) is 5.23. The number of hydrogen-bond donors (Lipinski definition) is 1. The van der Waals surface area contributed by atoms with Crippen LogP contribution >= 0.6 is 0 Å². The molecule has 0 saturated carbocycles. The van der Waals surface area contributed by atoms with Crippen LogP contribution in [0.3, 0.4) is 0 Å². The number of amides is 2. The number of carbonyl (C=O) groups is 2. The first-order valence-corrected chi connectivity index (χ1v) is 7.16. The van der Waals surface area contributed by atoms with E-state index < -0.39 is 12.3 Å². The highest BCUT2D eigenvalue weighted by molar-refractivity contribution is 5.97. The molecular formula is C17H15F3N2O3. The van der Waals surface area contributed by atoms with Gasteiger partial charge in [-0.05, 0) is 42.0 Å². The average molecular weight is 352 g/mol. The second-order valence-corrected chi connectivity index (χ2v) is 5.29. The first-order valence-electron chi connectivity index (χ1n) is 7.16. The largest absolute Gasteiger partial charge is 0.573 e. The summed E-state index contributed by atoms with van der Waals surface area (Å²) in [4.78, 5) is 24.7. The lowest BCUT2D eigenvalue weighted by atomic mass is 10.1. The van der Waals surface area contributed by atoms with Gasteiger partial charge in [0.15, 0.2) is 0 Å². The minimum atomic E-state index is -4.74. The lowest BCUT2D eigenvalue weighted by Gasteiger charge is -2.18. The summed E-state index contributed by atoms with van der Waals surface area (Å²) in [5.74, 6) is -1.22. The topological polar surface area (TPSA) is 72.6 Å². The number of halogens is 3. The molecule has 0 radical (unpaired) electrons.